The lowest BCUT2D eigenvalue weighted by atomic mass is 10.1. The van der Waals surface area contributed by atoms with Crippen LogP contribution in [-0.4, -0.2) is 60.2 Å². The zero-order valence-electron chi connectivity index (χ0n) is 15.7. The summed E-state index contributed by atoms with van der Waals surface area (Å²) >= 11 is 0. The highest BCUT2D eigenvalue weighted by atomic mass is 127. The molecule has 7 heteroatoms. The van der Waals surface area contributed by atoms with Crippen molar-refractivity contribution in [3.63, 3.8) is 0 Å². The largest absolute Gasteiger partial charge is 0.386 e. The molecule has 0 saturated carbocycles. The zero-order chi connectivity index (χ0) is 18.2. The molecule has 1 saturated heterocycles. The number of halogens is 1. The average molecular weight is 481 g/mol. The van der Waals surface area contributed by atoms with E-state index in [4.69, 9.17) is 0 Å². The van der Waals surface area contributed by atoms with E-state index in [1.807, 2.05) is 18.2 Å². The van der Waals surface area contributed by atoms with Crippen LogP contribution in [0.5, 0.6) is 0 Å². The number of rotatable bonds is 5. The van der Waals surface area contributed by atoms with E-state index in [-0.39, 0.29) is 24.0 Å². The lowest BCUT2D eigenvalue weighted by Crippen LogP contribution is -2.52. The Morgan fingerprint density at radius 3 is 2.41 bits per heavy atom. The number of piperazine rings is 1. The summed E-state index contributed by atoms with van der Waals surface area (Å²) < 4.78 is 0. The predicted octanol–water partition coefficient (Wildman–Crippen LogP) is 2.52. The highest BCUT2D eigenvalue weighted by Crippen LogP contribution is 2.16. The highest BCUT2D eigenvalue weighted by Gasteiger charge is 2.20. The Morgan fingerprint density at radius 1 is 1.11 bits per heavy atom. The number of nitrogens with one attached hydrogen (secondary N) is 1. The number of hydrogen-bond acceptors (Lipinski definition) is 4. The fraction of sp³-hybridized carbons (Fsp3) is 0.400. The molecule has 2 heterocycles. The molecule has 0 aliphatic carbocycles. The van der Waals surface area contributed by atoms with E-state index < -0.39 is 6.10 Å². The first-order valence-electron chi connectivity index (χ1n) is 9.19. The van der Waals surface area contributed by atoms with Crippen molar-refractivity contribution in [2.75, 3.05) is 44.2 Å². The number of hydrogen-bond donors (Lipinski definition) is 2. The number of guanidine groups is 1. The van der Waals surface area contributed by atoms with Gasteiger partial charge >= 0.3 is 0 Å². The standard InChI is InChI=1S/C20H27N5O.HI/c1-2-22-20(23-16-19(26)17-8-10-21-11-9-17)25-14-12-24(13-15-25)18-6-4-3-5-7-18;/h3-11,19,26H,2,12-16H2,1H3,(H,22,23);1H. The van der Waals surface area contributed by atoms with Gasteiger partial charge in [-0.1, -0.05) is 18.2 Å². The number of aliphatic hydroxyl groups excluding tert-OH is 1. The Hall–Kier alpha value is -1.87. The van der Waals surface area contributed by atoms with E-state index in [0.717, 1.165) is 44.2 Å². The fourth-order valence-corrected chi connectivity index (χ4v) is 3.11. The molecule has 146 valence electrons. The normalized spacial score (nSPS) is 15.9. The van der Waals surface area contributed by atoms with Crippen LogP contribution in [0.25, 0.3) is 0 Å². The number of anilines is 1. The third kappa shape index (κ3) is 6.07. The summed E-state index contributed by atoms with van der Waals surface area (Å²) in [5, 5.41) is 13.7. The molecule has 0 radical (unpaired) electrons. The van der Waals surface area contributed by atoms with Gasteiger partial charge in [0.25, 0.3) is 0 Å². The molecule has 1 fully saturated rings. The summed E-state index contributed by atoms with van der Waals surface area (Å²) in [5.41, 5.74) is 2.11. The molecule has 0 amide bonds. The highest BCUT2D eigenvalue weighted by molar-refractivity contribution is 14.0. The average Bonchev–Trinajstić information content (AvgIpc) is 2.72. The van der Waals surface area contributed by atoms with Gasteiger partial charge in [-0.15, -0.1) is 24.0 Å². The third-order valence-electron chi connectivity index (χ3n) is 4.54. The fourth-order valence-electron chi connectivity index (χ4n) is 3.11. The van der Waals surface area contributed by atoms with Crippen LogP contribution >= 0.6 is 24.0 Å². The minimum Gasteiger partial charge on any atom is -0.386 e. The molecule has 2 N–H and O–H groups in total. The van der Waals surface area contributed by atoms with Gasteiger partial charge in [0.2, 0.25) is 0 Å². The van der Waals surface area contributed by atoms with Gasteiger partial charge in [0.1, 0.15) is 0 Å². The van der Waals surface area contributed by atoms with Gasteiger partial charge in [-0.05, 0) is 36.8 Å². The van der Waals surface area contributed by atoms with Crippen LogP contribution in [0.4, 0.5) is 5.69 Å². The van der Waals surface area contributed by atoms with Gasteiger partial charge in [0, 0.05) is 50.8 Å². The molecule has 6 nitrogen and oxygen atoms in total. The van der Waals surface area contributed by atoms with Gasteiger partial charge < -0.3 is 20.2 Å². The molecular weight excluding hydrogens is 453 g/mol. The lowest BCUT2D eigenvalue weighted by Gasteiger charge is -2.37. The van der Waals surface area contributed by atoms with Crippen LogP contribution in [0.3, 0.4) is 0 Å². The van der Waals surface area contributed by atoms with E-state index >= 15 is 0 Å². The Kier molecular flexibility index (Phi) is 8.80. The van der Waals surface area contributed by atoms with Crippen molar-refractivity contribution in [3.05, 3.63) is 60.4 Å². The molecule has 0 bridgehead atoms. The predicted molar refractivity (Wildman–Crippen MR) is 121 cm³/mol. The zero-order valence-corrected chi connectivity index (χ0v) is 18.0. The van der Waals surface area contributed by atoms with E-state index in [1.165, 1.54) is 5.69 Å². The summed E-state index contributed by atoms with van der Waals surface area (Å²) in [5.74, 6) is 0.869. The van der Waals surface area contributed by atoms with Gasteiger partial charge in [-0.3, -0.25) is 9.98 Å². The molecule has 1 aromatic heterocycles. The van der Waals surface area contributed by atoms with Crippen molar-refractivity contribution >= 4 is 35.6 Å². The van der Waals surface area contributed by atoms with Crippen LogP contribution in [0.2, 0.25) is 0 Å². The Balaban J connectivity index is 0.00000261. The minimum atomic E-state index is -0.614. The Bertz CT molecular complexity index is 690. The minimum absolute atomic E-state index is 0. The second kappa shape index (κ2) is 11.1. The van der Waals surface area contributed by atoms with Crippen molar-refractivity contribution in [2.24, 2.45) is 4.99 Å². The maximum absolute atomic E-state index is 10.3. The van der Waals surface area contributed by atoms with Crippen LogP contribution in [0.1, 0.15) is 18.6 Å². The monoisotopic (exact) mass is 481 g/mol. The summed E-state index contributed by atoms with van der Waals surface area (Å²) in [6.45, 7) is 6.95. The number of aromatic nitrogens is 1. The van der Waals surface area contributed by atoms with Gasteiger partial charge in [-0.25, -0.2) is 0 Å². The van der Waals surface area contributed by atoms with Gasteiger partial charge in [-0.2, -0.15) is 0 Å². The number of aliphatic hydroxyl groups is 1. The van der Waals surface area contributed by atoms with Crippen molar-refractivity contribution < 1.29 is 5.11 Å². The molecule has 1 aliphatic heterocycles. The SMILES string of the molecule is CCNC(=NCC(O)c1ccncc1)N1CCN(c2ccccc2)CC1.I. The number of nitrogens with zero attached hydrogens (tertiary/aromatic N) is 4. The van der Waals surface area contributed by atoms with Crippen LogP contribution < -0.4 is 10.2 Å². The molecule has 2 aromatic rings. The molecule has 3 rings (SSSR count). The molecule has 0 spiro atoms. The van der Waals surface area contributed by atoms with Crippen molar-refractivity contribution in [3.8, 4) is 0 Å². The van der Waals surface area contributed by atoms with E-state index in [9.17, 15) is 5.11 Å². The number of benzene rings is 1. The number of pyridine rings is 1. The summed E-state index contributed by atoms with van der Waals surface area (Å²) in [4.78, 5) is 13.3. The van der Waals surface area contributed by atoms with Gasteiger partial charge in [0.15, 0.2) is 5.96 Å². The van der Waals surface area contributed by atoms with Crippen LogP contribution in [0.15, 0.2) is 59.9 Å². The Labute approximate surface area is 178 Å². The summed E-state index contributed by atoms with van der Waals surface area (Å²) in [7, 11) is 0. The van der Waals surface area contributed by atoms with Crippen molar-refractivity contribution in [1.82, 2.24) is 15.2 Å². The number of para-hydroxylation sites is 1. The third-order valence-corrected chi connectivity index (χ3v) is 4.54. The van der Waals surface area contributed by atoms with Gasteiger partial charge in [0.05, 0.1) is 12.6 Å². The maximum Gasteiger partial charge on any atom is 0.194 e. The topological polar surface area (TPSA) is 64.0 Å². The van der Waals surface area contributed by atoms with Crippen molar-refractivity contribution in [2.45, 2.75) is 13.0 Å². The molecular formula is C20H28IN5O. The van der Waals surface area contributed by atoms with Crippen LogP contribution in [-0.2, 0) is 0 Å². The van der Waals surface area contributed by atoms with E-state index in [1.54, 1.807) is 12.4 Å². The first-order chi connectivity index (χ1) is 12.8. The molecule has 1 atom stereocenters. The number of aliphatic imine (C=N–C) groups is 1. The molecule has 27 heavy (non-hydrogen) atoms. The van der Waals surface area contributed by atoms with E-state index in [2.05, 4.69) is 56.3 Å². The smallest absolute Gasteiger partial charge is 0.194 e. The van der Waals surface area contributed by atoms with E-state index in [0.29, 0.717) is 6.54 Å². The molecule has 1 unspecified atom stereocenters. The first-order valence-corrected chi connectivity index (χ1v) is 9.19. The van der Waals surface area contributed by atoms with Crippen LogP contribution in [0, 0.1) is 0 Å². The Morgan fingerprint density at radius 2 is 1.78 bits per heavy atom. The van der Waals surface area contributed by atoms with Crippen molar-refractivity contribution in [1.29, 1.82) is 0 Å². The summed E-state index contributed by atoms with van der Waals surface area (Å²) in [6, 6.07) is 14.2. The first kappa shape index (κ1) is 21.4. The summed E-state index contributed by atoms with van der Waals surface area (Å²) in [6.07, 6.45) is 2.77. The maximum atomic E-state index is 10.3. The lowest BCUT2D eigenvalue weighted by molar-refractivity contribution is 0.186. The molecule has 1 aromatic carbocycles. The second-order valence-corrected chi connectivity index (χ2v) is 6.30. The quantitative estimate of drug-likeness (QED) is 0.391. The second-order valence-electron chi connectivity index (χ2n) is 6.30. The molecule has 1 aliphatic rings.